The van der Waals surface area contributed by atoms with Gasteiger partial charge in [0.25, 0.3) is 0 Å². The summed E-state index contributed by atoms with van der Waals surface area (Å²) in [6, 6.07) is 30.5. The van der Waals surface area contributed by atoms with Crippen molar-refractivity contribution in [3.05, 3.63) is 103 Å². The highest BCUT2D eigenvalue weighted by atomic mass is 16.6. The first-order chi connectivity index (χ1) is 19.3. The number of rotatable bonds is 4. The zero-order valence-electron chi connectivity index (χ0n) is 23.0. The Hall–Kier alpha value is -4.91. The maximum Gasteiger partial charge on any atom is 0.408 e. The monoisotopic (exact) mass is 529 g/mol. The number of pyridine rings is 1. The van der Waals surface area contributed by atoms with Gasteiger partial charge in [-0.3, -0.25) is 4.57 Å². The van der Waals surface area contributed by atoms with Crippen LogP contribution in [0.4, 0.5) is 16.3 Å². The molecule has 0 aliphatic carbocycles. The van der Waals surface area contributed by atoms with Gasteiger partial charge in [-0.2, -0.15) is 0 Å². The van der Waals surface area contributed by atoms with E-state index < -0.39 is 12.2 Å². The molecule has 0 bridgehead atoms. The number of ether oxygens (including phenoxy) is 1. The molecular weight excluding hydrogens is 498 g/mol. The Morgan fingerprint density at radius 1 is 0.900 bits per heavy atom. The average molecular weight is 530 g/mol. The third kappa shape index (κ3) is 4.82. The molecule has 5 aromatic rings. The molecule has 2 N–H and O–H groups in total. The van der Waals surface area contributed by atoms with Crippen LogP contribution < -0.4 is 10.6 Å². The van der Waals surface area contributed by atoms with E-state index in [1.165, 1.54) is 0 Å². The Morgan fingerprint density at radius 2 is 1.62 bits per heavy atom. The van der Waals surface area contributed by atoms with Crippen LogP contribution in [0.3, 0.4) is 0 Å². The first-order valence-electron chi connectivity index (χ1n) is 13.4. The van der Waals surface area contributed by atoms with E-state index in [1.54, 1.807) is 6.20 Å². The highest BCUT2D eigenvalue weighted by molar-refractivity contribution is 5.90. The molecule has 0 radical (unpaired) electrons. The van der Waals surface area contributed by atoms with Crippen molar-refractivity contribution in [3.63, 3.8) is 0 Å². The van der Waals surface area contributed by atoms with Crippen LogP contribution in [-0.4, -0.2) is 26.2 Å². The molecule has 7 heteroatoms. The zero-order valence-corrected chi connectivity index (χ0v) is 23.0. The van der Waals surface area contributed by atoms with Gasteiger partial charge in [0.15, 0.2) is 5.82 Å². The standard InChI is InChI=1S/C33H31N5O2/c1-21(40-32(39)37-33(2,3)4)22-16-18-24(19-17-22)29-28(23-11-6-5-7-12-23)36-31-25-13-8-9-14-26(25)35-30-27(38(29)31)15-10-20-34-30/h5-21H,1-4H3,(H,34,35)(H,37,39)/t21-/m0/s1. The highest BCUT2D eigenvalue weighted by Gasteiger charge is 2.28. The number of carbonyl (C=O) groups excluding carboxylic acids is 1. The molecular formula is C33H31N5O2. The summed E-state index contributed by atoms with van der Waals surface area (Å²) in [4.78, 5) is 22.3. The lowest BCUT2D eigenvalue weighted by Crippen LogP contribution is -2.41. The van der Waals surface area contributed by atoms with Gasteiger partial charge in [0.2, 0.25) is 0 Å². The van der Waals surface area contributed by atoms with E-state index in [-0.39, 0.29) is 5.54 Å². The molecule has 200 valence electrons. The lowest BCUT2D eigenvalue weighted by Gasteiger charge is -2.22. The van der Waals surface area contributed by atoms with Gasteiger partial charge in [-0.15, -0.1) is 0 Å². The maximum atomic E-state index is 12.4. The zero-order chi connectivity index (χ0) is 27.9. The number of nitrogens with zero attached hydrogens (tertiary/aromatic N) is 3. The van der Waals surface area contributed by atoms with E-state index >= 15 is 0 Å². The summed E-state index contributed by atoms with van der Waals surface area (Å²) in [5.41, 5.74) is 7.24. The third-order valence-corrected chi connectivity index (χ3v) is 6.79. The van der Waals surface area contributed by atoms with Crippen molar-refractivity contribution < 1.29 is 9.53 Å². The second kappa shape index (κ2) is 10.0. The molecule has 40 heavy (non-hydrogen) atoms. The number of alkyl carbamates (subject to hydrolysis) is 1. The molecule has 0 saturated heterocycles. The summed E-state index contributed by atoms with van der Waals surface area (Å²) in [5, 5.41) is 6.36. The molecule has 7 nitrogen and oxygen atoms in total. The number of amides is 1. The molecule has 1 atom stereocenters. The molecule has 3 heterocycles. The number of carbonyl (C=O) groups is 1. The smallest absolute Gasteiger partial charge is 0.408 e. The minimum Gasteiger partial charge on any atom is -0.442 e. The van der Waals surface area contributed by atoms with Crippen LogP contribution in [0.2, 0.25) is 0 Å². The molecule has 0 unspecified atom stereocenters. The summed E-state index contributed by atoms with van der Waals surface area (Å²) in [6.07, 6.45) is 0.945. The Labute approximate surface area is 233 Å². The van der Waals surface area contributed by atoms with Crippen molar-refractivity contribution in [2.45, 2.75) is 39.3 Å². The predicted octanol–water partition coefficient (Wildman–Crippen LogP) is 7.91. The minimum absolute atomic E-state index is 0.368. The average Bonchev–Trinajstić information content (AvgIpc) is 3.27. The first-order valence-corrected chi connectivity index (χ1v) is 13.4. The Bertz CT molecular complexity index is 1680. The first kappa shape index (κ1) is 25.4. The van der Waals surface area contributed by atoms with Crippen molar-refractivity contribution in [2.24, 2.45) is 0 Å². The van der Waals surface area contributed by atoms with Gasteiger partial charge in [0.1, 0.15) is 11.9 Å². The van der Waals surface area contributed by atoms with Gasteiger partial charge >= 0.3 is 6.09 Å². The van der Waals surface area contributed by atoms with Crippen LogP contribution in [0.25, 0.3) is 39.6 Å². The van der Waals surface area contributed by atoms with E-state index in [0.717, 1.165) is 56.7 Å². The quantitative estimate of drug-likeness (QED) is 0.242. The fourth-order valence-electron chi connectivity index (χ4n) is 4.96. The van der Waals surface area contributed by atoms with E-state index in [1.807, 2.05) is 82.3 Å². The van der Waals surface area contributed by atoms with Crippen LogP contribution in [0.15, 0.2) is 97.2 Å². The summed E-state index contributed by atoms with van der Waals surface area (Å²) < 4.78 is 7.83. The van der Waals surface area contributed by atoms with Gasteiger partial charge in [-0.25, -0.2) is 14.8 Å². The fraction of sp³-hybridized carbons (Fsp3) is 0.182. The summed E-state index contributed by atoms with van der Waals surface area (Å²) >= 11 is 0. The summed E-state index contributed by atoms with van der Waals surface area (Å²) in [6.45, 7) is 7.65. The van der Waals surface area contributed by atoms with Gasteiger partial charge in [-0.05, 0) is 57.5 Å². The van der Waals surface area contributed by atoms with Crippen molar-refractivity contribution in [2.75, 3.05) is 5.32 Å². The van der Waals surface area contributed by atoms with Gasteiger partial charge in [0, 0.05) is 28.4 Å². The van der Waals surface area contributed by atoms with Crippen LogP contribution in [0.1, 0.15) is 39.4 Å². The van der Waals surface area contributed by atoms with Crippen molar-refractivity contribution in [1.82, 2.24) is 19.9 Å². The van der Waals surface area contributed by atoms with Crippen LogP contribution in [-0.2, 0) is 4.74 Å². The van der Waals surface area contributed by atoms with Crippen molar-refractivity contribution in [1.29, 1.82) is 0 Å². The largest absolute Gasteiger partial charge is 0.442 e. The van der Waals surface area contributed by atoms with E-state index in [0.29, 0.717) is 0 Å². The van der Waals surface area contributed by atoms with E-state index in [4.69, 9.17) is 9.72 Å². The number of hydrogen-bond acceptors (Lipinski definition) is 5. The number of aromatic nitrogens is 3. The van der Waals surface area contributed by atoms with Crippen molar-refractivity contribution in [3.8, 4) is 39.6 Å². The molecule has 0 saturated carbocycles. The third-order valence-electron chi connectivity index (χ3n) is 6.79. The number of benzene rings is 3. The van der Waals surface area contributed by atoms with Gasteiger partial charge in [-0.1, -0.05) is 66.7 Å². The second-order valence-corrected chi connectivity index (χ2v) is 10.9. The van der Waals surface area contributed by atoms with E-state index in [2.05, 4.69) is 56.6 Å². The van der Waals surface area contributed by atoms with Crippen LogP contribution >= 0.6 is 0 Å². The Balaban J connectivity index is 1.50. The van der Waals surface area contributed by atoms with Crippen molar-refractivity contribution >= 4 is 17.6 Å². The lowest BCUT2D eigenvalue weighted by atomic mass is 10.0. The minimum atomic E-state index is -0.438. The number of nitrogens with one attached hydrogen (secondary N) is 2. The summed E-state index contributed by atoms with van der Waals surface area (Å²) in [5.74, 6) is 1.60. The number of imidazole rings is 1. The lowest BCUT2D eigenvalue weighted by molar-refractivity contribution is 0.100. The maximum absolute atomic E-state index is 12.4. The number of anilines is 2. The number of hydrogen-bond donors (Lipinski definition) is 2. The molecule has 1 aliphatic heterocycles. The molecule has 3 aromatic carbocycles. The van der Waals surface area contributed by atoms with Crippen LogP contribution in [0.5, 0.6) is 0 Å². The van der Waals surface area contributed by atoms with Gasteiger partial charge < -0.3 is 15.4 Å². The highest BCUT2D eigenvalue weighted by Crippen LogP contribution is 2.44. The van der Waals surface area contributed by atoms with Gasteiger partial charge in [0.05, 0.1) is 22.8 Å². The molecule has 0 fully saturated rings. The molecule has 6 rings (SSSR count). The molecule has 0 spiro atoms. The van der Waals surface area contributed by atoms with Crippen LogP contribution in [0, 0.1) is 0 Å². The normalized spacial score (nSPS) is 12.7. The molecule has 1 amide bonds. The number of fused-ring (bicyclic) bond motifs is 5. The topological polar surface area (TPSA) is 81.1 Å². The summed E-state index contributed by atoms with van der Waals surface area (Å²) in [7, 11) is 0. The Morgan fingerprint density at radius 3 is 2.38 bits per heavy atom. The Kier molecular flexibility index (Phi) is 6.34. The molecule has 2 aromatic heterocycles. The predicted molar refractivity (Wildman–Crippen MR) is 159 cm³/mol. The van der Waals surface area contributed by atoms with E-state index in [9.17, 15) is 4.79 Å². The molecule has 1 aliphatic rings. The second-order valence-electron chi connectivity index (χ2n) is 10.9. The fourth-order valence-corrected chi connectivity index (χ4v) is 4.96. The number of para-hydroxylation sites is 1. The SMILES string of the molecule is C[C@H](OC(=O)NC(C)(C)C)c1ccc(-c2c(-c3ccccc3)nc3n2-c2cccnc2Nc2ccccc2-3)cc1.